The first-order chi connectivity index (χ1) is 5.17. The van der Waals surface area contributed by atoms with E-state index in [9.17, 15) is 9.70 Å². The van der Waals surface area contributed by atoms with Crippen LogP contribution in [0.2, 0.25) is 0 Å². The molecule has 0 rings (SSSR count). The Morgan fingerprint density at radius 1 is 1.55 bits per heavy atom. The first kappa shape index (κ1) is 10.4. The van der Waals surface area contributed by atoms with Crippen molar-refractivity contribution in [2.75, 3.05) is 13.1 Å². The number of carbonyl (C=O) groups is 1. The molecule has 0 fully saturated rings. The Morgan fingerprint density at radius 2 is 2.00 bits per heavy atom. The number of rotatable bonds is 4. The number of nitrogens with zero attached hydrogens (tertiary/aromatic N) is 2. The zero-order valence-corrected chi connectivity index (χ0v) is 7.34. The second kappa shape index (κ2) is 5.07. The number of alkyl halides is 1. The predicted octanol–water partition coefficient (Wildman–Crippen LogP) is 1.19. The molecule has 0 aromatic carbocycles. The Bertz CT molecular complexity index is 148. The maximum atomic E-state index is 11.0. The van der Waals surface area contributed by atoms with Crippen molar-refractivity contribution in [2.45, 2.75) is 19.3 Å². The van der Waals surface area contributed by atoms with Gasteiger partial charge in [-0.25, -0.2) is 0 Å². The lowest BCUT2D eigenvalue weighted by atomic mass is 10.4. The van der Waals surface area contributed by atoms with E-state index in [4.69, 9.17) is 11.6 Å². The molecule has 0 radical (unpaired) electrons. The summed E-state index contributed by atoms with van der Waals surface area (Å²) in [5, 5.41) is 2.43. The molecule has 0 heterocycles. The van der Waals surface area contributed by atoms with Gasteiger partial charge in [-0.15, -0.1) is 4.91 Å². The normalized spacial score (nSPS) is 12.3. The van der Waals surface area contributed by atoms with E-state index in [-0.39, 0.29) is 0 Å². The van der Waals surface area contributed by atoms with Gasteiger partial charge in [0.15, 0.2) is 0 Å². The van der Waals surface area contributed by atoms with Crippen LogP contribution in [-0.2, 0) is 4.79 Å². The van der Waals surface area contributed by atoms with Crippen LogP contribution in [0.15, 0.2) is 5.18 Å². The van der Waals surface area contributed by atoms with Crippen molar-refractivity contribution < 1.29 is 4.79 Å². The molecule has 64 valence electrons. The average molecular weight is 179 g/mol. The molecule has 0 bridgehead atoms. The summed E-state index contributed by atoms with van der Waals surface area (Å²) < 4.78 is 0. The van der Waals surface area contributed by atoms with Crippen LogP contribution in [-0.4, -0.2) is 29.4 Å². The third-order valence-electron chi connectivity index (χ3n) is 1.37. The Hall–Kier alpha value is -0.640. The number of nitroso groups, excluding NO2 is 1. The topological polar surface area (TPSA) is 49.7 Å². The number of hydrogen-bond acceptors (Lipinski definition) is 3. The molecular weight excluding hydrogens is 168 g/mol. The summed E-state index contributed by atoms with van der Waals surface area (Å²) in [5.41, 5.74) is -1.27. The van der Waals surface area contributed by atoms with Gasteiger partial charge in [-0.05, 0) is 19.0 Å². The largest absolute Gasteiger partial charge is 0.340 e. The molecular formula is C6H11ClN2O2. The SMILES string of the molecule is CCN(CC)C(=O)C(Cl)N=O. The average Bonchev–Trinajstić information content (AvgIpc) is 2.05. The molecule has 1 unspecified atom stereocenters. The van der Waals surface area contributed by atoms with Crippen LogP contribution in [0, 0.1) is 4.91 Å². The van der Waals surface area contributed by atoms with Crippen molar-refractivity contribution >= 4 is 17.5 Å². The van der Waals surface area contributed by atoms with Crippen molar-refractivity contribution in [3.8, 4) is 0 Å². The summed E-state index contributed by atoms with van der Waals surface area (Å²) >= 11 is 5.30. The van der Waals surface area contributed by atoms with E-state index >= 15 is 0 Å². The van der Waals surface area contributed by atoms with E-state index < -0.39 is 11.4 Å². The highest BCUT2D eigenvalue weighted by molar-refractivity contribution is 6.30. The molecule has 0 aliphatic carbocycles. The number of hydrogen-bond donors (Lipinski definition) is 0. The van der Waals surface area contributed by atoms with Gasteiger partial charge < -0.3 is 4.90 Å². The standard InChI is InChI=1S/C6H11ClN2O2/c1-3-9(4-2)6(10)5(7)8-11/h5H,3-4H2,1-2H3. The molecule has 1 atom stereocenters. The van der Waals surface area contributed by atoms with Gasteiger partial charge in [-0.2, -0.15) is 0 Å². The molecule has 0 spiro atoms. The van der Waals surface area contributed by atoms with Gasteiger partial charge in [-0.1, -0.05) is 11.6 Å². The molecule has 0 aromatic heterocycles. The second-order valence-electron chi connectivity index (χ2n) is 1.95. The van der Waals surface area contributed by atoms with Gasteiger partial charge in [0.2, 0.25) is 5.50 Å². The molecule has 0 saturated heterocycles. The summed E-state index contributed by atoms with van der Waals surface area (Å²) in [5.74, 6) is -0.424. The van der Waals surface area contributed by atoms with Gasteiger partial charge in [-0.3, -0.25) is 4.79 Å². The fourth-order valence-corrected chi connectivity index (χ4v) is 0.869. The summed E-state index contributed by atoms with van der Waals surface area (Å²) in [6, 6.07) is 0. The highest BCUT2D eigenvalue weighted by Gasteiger charge is 2.19. The molecule has 11 heavy (non-hydrogen) atoms. The van der Waals surface area contributed by atoms with Crippen molar-refractivity contribution in [3.05, 3.63) is 4.91 Å². The van der Waals surface area contributed by atoms with E-state index in [0.29, 0.717) is 13.1 Å². The van der Waals surface area contributed by atoms with E-state index in [0.717, 1.165) is 0 Å². The number of amides is 1. The highest BCUT2D eigenvalue weighted by Crippen LogP contribution is 2.02. The zero-order chi connectivity index (χ0) is 8.85. The quantitative estimate of drug-likeness (QED) is 0.369. The van der Waals surface area contributed by atoms with Gasteiger partial charge in [0.1, 0.15) is 0 Å². The molecule has 4 nitrogen and oxygen atoms in total. The monoisotopic (exact) mass is 178 g/mol. The number of halogens is 1. The van der Waals surface area contributed by atoms with Crippen LogP contribution in [0.3, 0.4) is 0 Å². The smallest absolute Gasteiger partial charge is 0.266 e. The predicted molar refractivity (Wildman–Crippen MR) is 43.4 cm³/mol. The van der Waals surface area contributed by atoms with Crippen LogP contribution in [0.1, 0.15) is 13.8 Å². The molecule has 0 saturated carbocycles. The lowest BCUT2D eigenvalue weighted by molar-refractivity contribution is -0.130. The van der Waals surface area contributed by atoms with Crippen LogP contribution >= 0.6 is 11.6 Å². The Kier molecular flexibility index (Phi) is 4.77. The number of likely N-dealkylation sites (N-methyl/N-ethyl adjacent to an activating group) is 1. The Balaban J connectivity index is 4.08. The van der Waals surface area contributed by atoms with Crippen molar-refractivity contribution in [1.82, 2.24) is 4.90 Å². The molecule has 0 N–H and O–H groups in total. The van der Waals surface area contributed by atoms with Crippen molar-refractivity contribution in [1.29, 1.82) is 0 Å². The van der Waals surface area contributed by atoms with Gasteiger partial charge in [0, 0.05) is 13.1 Å². The molecule has 0 aromatic rings. The summed E-state index contributed by atoms with van der Waals surface area (Å²) in [6.07, 6.45) is 0. The maximum absolute atomic E-state index is 11.0. The minimum Gasteiger partial charge on any atom is -0.340 e. The zero-order valence-electron chi connectivity index (χ0n) is 6.58. The summed E-state index contributed by atoms with van der Waals surface area (Å²) in [7, 11) is 0. The molecule has 5 heteroatoms. The third kappa shape index (κ3) is 2.84. The van der Waals surface area contributed by atoms with Gasteiger partial charge in [0.05, 0.1) is 0 Å². The third-order valence-corrected chi connectivity index (χ3v) is 1.64. The lowest BCUT2D eigenvalue weighted by Crippen LogP contribution is -2.35. The first-order valence-corrected chi connectivity index (χ1v) is 3.86. The number of carbonyl (C=O) groups excluding carboxylic acids is 1. The molecule has 0 aliphatic rings. The van der Waals surface area contributed by atoms with Crippen molar-refractivity contribution in [3.63, 3.8) is 0 Å². The van der Waals surface area contributed by atoms with Gasteiger partial charge in [0.25, 0.3) is 5.91 Å². The highest BCUT2D eigenvalue weighted by atomic mass is 35.5. The van der Waals surface area contributed by atoms with E-state index in [2.05, 4.69) is 5.18 Å². The van der Waals surface area contributed by atoms with Gasteiger partial charge >= 0.3 is 0 Å². The Labute approximate surface area is 70.5 Å². The minimum absolute atomic E-state index is 0.424. The van der Waals surface area contributed by atoms with Crippen LogP contribution in [0.4, 0.5) is 0 Å². The Morgan fingerprint density at radius 3 is 2.27 bits per heavy atom. The fourth-order valence-electron chi connectivity index (χ4n) is 0.731. The van der Waals surface area contributed by atoms with Crippen LogP contribution < -0.4 is 0 Å². The van der Waals surface area contributed by atoms with Crippen LogP contribution in [0.5, 0.6) is 0 Å². The van der Waals surface area contributed by atoms with E-state index in [1.54, 1.807) is 0 Å². The molecule has 1 amide bonds. The minimum atomic E-state index is -1.27. The lowest BCUT2D eigenvalue weighted by Gasteiger charge is -2.18. The summed E-state index contributed by atoms with van der Waals surface area (Å²) in [6.45, 7) is 4.73. The van der Waals surface area contributed by atoms with E-state index in [1.807, 2.05) is 13.8 Å². The second-order valence-corrected chi connectivity index (χ2v) is 2.37. The fraction of sp³-hybridized carbons (Fsp3) is 0.833. The first-order valence-electron chi connectivity index (χ1n) is 3.42. The van der Waals surface area contributed by atoms with Crippen LogP contribution in [0.25, 0.3) is 0 Å². The summed E-state index contributed by atoms with van der Waals surface area (Å²) in [4.78, 5) is 22.3. The molecule has 0 aliphatic heterocycles. The van der Waals surface area contributed by atoms with E-state index in [1.165, 1.54) is 4.90 Å². The maximum Gasteiger partial charge on any atom is 0.266 e. The van der Waals surface area contributed by atoms with Crippen molar-refractivity contribution in [2.24, 2.45) is 5.18 Å².